The predicted octanol–water partition coefficient (Wildman–Crippen LogP) is -1.04. The number of amides is 3. The highest BCUT2D eigenvalue weighted by molar-refractivity contribution is 7.80. The van der Waals surface area contributed by atoms with Gasteiger partial charge in [0.1, 0.15) is 18.1 Å². The highest BCUT2D eigenvalue weighted by Gasteiger charge is 2.32. The fraction of sp³-hybridized carbons (Fsp3) is 0.722. The summed E-state index contributed by atoms with van der Waals surface area (Å²) in [6.07, 6.45) is -0.0840. The molecule has 0 rings (SSSR count). The minimum Gasteiger partial charge on any atom is -0.481 e. The summed E-state index contributed by atoms with van der Waals surface area (Å²) < 4.78 is 0. The van der Waals surface area contributed by atoms with Crippen LogP contribution in [0.15, 0.2) is 0 Å². The molecular formula is C18H32N4O7S. The number of carbonyl (C=O) groups excluding carboxylic acids is 3. The Kier molecular flexibility index (Phi) is 12.0. The maximum Gasteiger partial charge on any atom is 0.326 e. The van der Waals surface area contributed by atoms with Gasteiger partial charge in [0.25, 0.3) is 0 Å². The first-order valence-corrected chi connectivity index (χ1v) is 10.2. The predicted molar refractivity (Wildman–Crippen MR) is 112 cm³/mol. The molecule has 0 aromatic carbocycles. The first-order valence-electron chi connectivity index (χ1n) is 9.57. The molecule has 5 atom stereocenters. The van der Waals surface area contributed by atoms with Gasteiger partial charge in [-0.25, -0.2) is 4.79 Å². The maximum absolute atomic E-state index is 12.6. The number of nitrogens with one attached hydrogen (secondary N) is 3. The number of hydrogen-bond acceptors (Lipinski definition) is 7. The molecule has 0 fully saturated rings. The topological polar surface area (TPSA) is 188 Å². The van der Waals surface area contributed by atoms with Crippen LogP contribution < -0.4 is 21.7 Å². The maximum atomic E-state index is 12.6. The SMILES string of the molecule is CCC(C)C(NC(=O)C(CS)NC(=O)C(NC(=O)C(N)CC(=O)O)C(C)C)C(=O)O. The molecule has 7 N–H and O–H groups in total. The lowest BCUT2D eigenvalue weighted by atomic mass is 9.99. The van der Waals surface area contributed by atoms with Gasteiger partial charge in [0.15, 0.2) is 0 Å². The van der Waals surface area contributed by atoms with Gasteiger partial charge in [0.2, 0.25) is 17.7 Å². The lowest BCUT2D eigenvalue weighted by Crippen LogP contribution is -2.59. The largest absolute Gasteiger partial charge is 0.481 e. The zero-order chi connectivity index (χ0) is 23.6. The van der Waals surface area contributed by atoms with Crippen molar-refractivity contribution in [2.24, 2.45) is 17.6 Å². The van der Waals surface area contributed by atoms with Crippen molar-refractivity contribution in [1.29, 1.82) is 0 Å². The lowest BCUT2D eigenvalue weighted by molar-refractivity contribution is -0.143. The van der Waals surface area contributed by atoms with Crippen LogP contribution in [-0.2, 0) is 24.0 Å². The van der Waals surface area contributed by atoms with Crippen molar-refractivity contribution < 1.29 is 34.2 Å². The summed E-state index contributed by atoms with van der Waals surface area (Å²) in [6, 6.07) is -4.70. The number of rotatable bonds is 13. The number of hydrogen-bond donors (Lipinski definition) is 7. The third-order valence-corrected chi connectivity index (χ3v) is 4.94. The van der Waals surface area contributed by atoms with Crippen molar-refractivity contribution in [3.8, 4) is 0 Å². The van der Waals surface area contributed by atoms with Crippen LogP contribution in [0.4, 0.5) is 0 Å². The fourth-order valence-corrected chi connectivity index (χ4v) is 2.73. The van der Waals surface area contributed by atoms with E-state index in [-0.39, 0.29) is 11.7 Å². The molecule has 0 aromatic rings. The highest BCUT2D eigenvalue weighted by Crippen LogP contribution is 2.09. The van der Waals surface area contributed by atoms with E-state index >= 15 is 0 Å². The summed E-state index contributed by atoms with van der Waals surface area (Å²) in [6.45, 7) is 6.76. The molecule has 30 heavy (non-hydrogen) atoms. The van der Waals surface area contributed by atoms with Crippen molar-refractivity contribution >= 4 is 42.3 Å². The number of nitrogens with two attached hydrogens (primary N) is 1. The Labute approximate surface area is 180 Å². The molecular weight excluding hydrogens is 416 g/mol. The van der Waals surface area contributed by atoms with E-state index in [1.807, 2.05) is 0 Å². The Hall–Kier alpha value is -2.34. The van der Waals surface area contributed by atoms with Gasteiger partial charge >= 0.3 is 11.9 Å². The van der Waals surface area contributed by atoms with Gasteiger partial charge in [-0.2, -0.15) is 12.6 Å². The number of carboxylic acid groups (broad SMARTS) is 2. The van der Waals surface area contributed by atoms with Crippen LogP contribution in [-0.4, -0.2) is 69.8 Å². The molecule has 3 amide bonds. The van der Waals surface area contributed by atoms with Crippen LogP contribution in [0.5, 0.6) is 0 Å². The van der Waals surface area contributed by atoms with Crippen LogP contribution in [0.2, 0.25) is 0 Å². The fourth-order valence-electron chi connectivity index (χ4n) is 2.47. The van der Waals surface area contributed by atoms with E-state index in [0.29, 0.717) is 6.42 Å². The minimum absolute atomic E-state index is 0.109. The summed E-state index contributed by atoms with van der Waals surface area (Å²) in [5, 5.41) is 25.3. The standard InChI is InChI=1S/C18H32N4O7S/c1-5-9(4)14(18(28)29)22-16(26)11(7-30)20-17(27)13(8(2)3)21-15(25)10(19)6-12(23)24/h8-11,13-14,30H,5-7,19H2,1-4H3,(H,20,27)(H,21,25)(H,22,26)(H,23,24)(H,28,29). The van der Waals surface area contributed by atoms with E-state index in [4.69, 9.17) is 10.8 Å². The van der Waals surface area contributed by atoms with Gasteiger partial charge in [-0.15, -0.1) is 0 Å². The van der Waals surface area contributed by atoms with Crippen LogP contribution >= 0.6 is 12.6 Å². The zero-order valence-corrected chi connectivity index (χ0v) is 18.4. The molecule has 0 aliphatic heterocycles. The summed E-state index contributed by atoms with van der Waals surface area (Å²) in [5.74, 6) is -5.54. The van der Waals surface area contributed by atoms with Gasteiger partial charge in [-0.1, -0.05) is 34.1 Å². The van der Waals surface area contributed by atoms with Crippen molar-refractivity contribution in [3.63, 3.8) is 0 Å². The Balaban J connectivity index is 5.22. The molecule has 0 radical (unpaired) electrons. The Morgan fingerprint density at radius 2 is 1.43 bits per heavy atom. The third-order valence-electron chi connectivity index (χ3n) is 4.57. The van der Waals surface area contributed by atoms with Crippen LogP contribution in [0.25, 0.3) is 0 Å². The molecule has 0 bridgehead atoms. The normalized spacial score (nSPS) is 16.0. The Morgan fingerprint density at radius 3 is 1.83 bits per heavy atom. The quantitative estimate of drug-likeness (QED) is 0.174. The molecule has 0 aliphatic carbocycles. The van der Waals surface area contributed by atoms with Crippen molar-refractivity contribution in [1.82, 2.24) is 16.0 Å². The summed E-state index contributed by atoms with van der Waals surface area (Å²) >= 11 is 4.04. The molecule has 172 valence electrons. The second-order valence-electron chi connectivity index (χ2n) is 7.39. The monoisotopic (exact) mass is 448 g/mol. The number of carbonyl (C=O) groups is 5. The van der Waals surface area contributed by atoms with Crippen molar-refractivity contribution in [2.45, 2.75) is 64.7 Å². The van der Waals surface area contributed by atoms with E-state index in [1.54, 1.807) is 27.7 Å². The molecule has 0 heterocycles. The second-order valence-corrected chi connectivity index (χ2v) is 7.75. The minimum atomic E-state index is -1.34. The van der Waals surface area contributed by atoms with Crippen LogP contribution in [0.1, 0.15) is 40.5 Å². The molecule has 0 aromatic heterocycles. The van der Waals surface area contributed by atoms with E-state index in [0.717, 1.165) is 0 Å². The molecule has 0 aliphatic rings. The van der Waals surface area contributed by atoms with Crippen LogP contribution in [0, 0.1) is 11.8 Å². The smallest absolute Gasteiger partial charge is 0.326 e. The second kappa shape index (κ2) is 13.1. The summed E-state index contributed by atoms with van der Waals surface area (Å²) in [7, 11) is 0. The van der Waals surface area contributed by atoms with Crippen LogP contribution in [0.3, 0.4) is 0 Å². The molecule has 0 saturated heterocycles. The Morgan fingerprint density at radius 1 is 0.900 bits per heavy atom. The number of thiol groups is 1. The zero-order valence-electron chi connectivity index (χ0n) is 17.5. The Bertz CT molecular complexity index is 644. The average Bonchev–Trinajstić information content (AvgIpc) is 2.65. The van der Waals surface area contributed by atoms with Gasteiger partial charge in [0.05, 0.1) is 12.5 Å². The molecule has 11 nitrogen and oxygen atoms in total. The number of carboxylic acids is 2. The summed E-state index contributed by atoms with van der Waals surface area (Å²) in [5.41, 5.74) is 5.51. The van der Waals surface area contributed by atoms with E-state index in [1.165, 1.54) is 0 Å². The van der Waals surface area contributed by atoms with Gasteiger partial charge < -0.3 is 31.9 Å². The van der Waals surface area contributed by atoms with Crippen molar-refractivity contribution in [2.75, 3.05) is 5.75 Å². The first kappa shape index (κ1) is 27.7. The number of aliphatic carboxylic acids is 2. The van der Waals surface area contributed by atoms with E-state index in [9.17, 15) is 29.1 Å². The van der Waals surface area contributed by atoms with Gasteiger partial charge in [-0.05, 0) is 11.8 Å². The van der Waals surface area contributed by atoms with E-state index < -0.39 is 66.2 Å². The lowest BCUT2D eigenvalue weighted by Gasteiger charge is -2.27. The summed E-state index contributed by atoms with van der Waals surface area (Å²) in [4.78, 5) is 59.3. The highest BCUT2D eigenvalue weighted by atomic mass is 32.1. The van der Waals surface area contributed by atoms with Gasteiger partial charge in [-0.3, -0.25) is 19.2 Å². The molecule has 5 unspecified atom stereocenters. The molecule has 0 spiro atoms. The van der Waals surface area contributed by atoms with Gasteiger partial charge in [0, 0.05) is 5.75 Å². The third kappa shape index (κ3) is 8.99. The molecule has 0 saturated carbocycles. The van der Waals surface area contributed by atoms with E-state index in [2.05, 4.69) is 28.6 Å². The van der Waals surface area contributed by atoms with Crippen molar-refractivity contribution in [3.05, 3.63) is 0 Å². The average molecular weight is 449 g/mol. The first-order chi connectivity index (χ1) is 13.8. The molecule has 12 heteroatoms.